The topological polar surface area (TPSA) is 124 Å². The van der Waals surface area contributed by atoms with E-state index in [0.717, 1.165) is 12.8 Å². The van der Waals surface area contributed by atoms with Crippen molar-refractivity contribution in [1.82, 2.24) is 16.2 Å². The molecule has 0 spiro atoms. The second-order valence-electron chi connectivity index (χ2n) is 6.82. The van der Waals surface area contributed by atoms with Gasteiger partial charge in [0, 0.05) is 11.1 Å². The van der Waals surface area contributed by atoms with Gasteiger partial charge in [0.25, 0.3) is 17.7 Å². The Balaban J connectivity index is 1.47. The van der Waals surface area contributed by atoms with Crippen LogP contribution in [0.3, 0.4) is 0 Å². The normalized spacial score (nSPS) is 11.4. The molecule has 0 radical (unpaired) electrons. The van der Waals surface area contributed by atoms with E-state index in [4.69, 9.17) is 18.9 Å². The van der Waals surface area contributed by atoms with E-state index in [1.807, 2.05) is 0 Å². The summed E-state index contributed by atoms with van der Waals surface area (Å²) in [6.45, 7) is 2.38. The van der Waals surface area contributed by atoms with Gasteiger partial charge >= 0.3 is 0 Å². The van der Waals surface area contributed by atoms with Gasteiger partial charge in [-0.15, -0.1) is 0 Å². The molecule has 0 aliphatic carbocycles. The van der Waals surface area contributed by atoms with E-state index < -0.39 is 17.7 Å². The fraction of sp³-hybridized carbons (Fsp3) is 0.318. The SMILES string of the molecule is CCCCOc1ccc(C(=O)NNC(=O)CNC(=O)c2ccc3c(c2)OCO3)cc1OC. The van der Waals surface area contributed by atoms with Gasteiger partial charge in [0.1, 0.15) is 0 Å². The molecule has 3 N–H and O–H groups in total. The maximum Gasteiger partial charge on any atom is 0.269 e. The van der Waals surface area contributed by atoms with Crippen molar-refractivity contribution in [2.45, 2.75) is 19.8 Å². The Kier molecular flexibility index (Phi) is 7.74. The molecule has 0 atom stereocenters. The van der Waals surface area contributed by atoms with Gasteiger partial charge in [0.2, 0.25) is 6.79 Å². The van der Waals surface area contributed by atoms with E-state index in [1.165, 1.54) is 19.2 Å². The number of ether oxygens (including phenoxy) is 4. The molecule has 3 rings (SSSR count). The Hall–Kier alpha value is -3.95. The quantitative estimate of drug-likeness (QED) is 0.399. The Labute approximate surface area is 185 Å². The van der Waals surface area contributed by atoms with E-state index in [9.17, 15) is 14.4 Å². The average Bonchev–Trinajstić information content (AvgIpc) is 3.29. The molecule has 10 nitrogen and oxygen atoms in total. The molecular formula is C22H25N3O7. The zero-order valence-electron chi connectivity index (χ0n) is 17.9. The first-order valence-corrected chi connectivity index (χ1v) is 10.1. The largest absolute Gasteiger partial charge is 0.493 e. The lowest BCUT2D eigenvalue weighted by Crippen LogP contribution is -2.46. The summed E-state index contributed by atoms with van der Waals surface area (Å²) >= 11 is 0. The summed E-state index contributed by atoms with van der Waals surface area (Å²) in [5, 5.41) is 2.47. The first-order valence-electron chi connectivity index (χ1n) is 10.1. The van der Waals surface area contributed by atoms with Gasteiger partial charge < -0.3 is 24.3 Å². The number of benzene rings is 2. The Morgan fingerprint density at radius 3 is 2.47 bits per heavy atom. The second-order valence-corrected chi connectivity index (χ2v) is 6.82. The van der Waals surface area contributed by atoms with Gasteiger partial charge in [0.15, 0.2) is 23.0 Å². The van der Waals surface area contributed by atoms with Gasteiger partial charge in [-0.25, -0.2) is 0 Å². The minimum Gasteiger partial charge on any atom is -0.493 e. The van der Waals surface area contributed by atoms with Crippen molar-refractivity contribution in [3.8, 4) is 23.0 Å². The summed E-state index contributed by atoms with van der Waals surface area (Å²) in [6.07, 6.45) is 1.91. The molecule has 1 heterocycles. The molecule has 3 amide bonds. The lowest BCUT2D eigenvalue weighted by Gasteiger charge is -2.12. The molecule has 10 heteroatoms. The number of nitrogens with one attached hydrogen (secondary N) is 3. The lowest BCUT2D eigenvalue weighted by atomic mass is 10.2. The molecule has 1 aliphatic heterocycles. The number of methoxy groups -OCH3 is 1. The molecular weight excluding hydrogens is 418 g/mol. The van der Waals surface area contributed by atoms with Crippen LogP contribution < -0.4 is 35.1 Å². The molecule has 0 bridgehead atoms. The zero-order chi connectivity index (χ0) is 22.9. The Morgan fingerprint density at radius 2 is 1.69 bits per heavy atom. The standard InChI is InChI=1S/C22H25N3O7/c1-3-4-9-30-16-7-6-15(10-18(16)29-2)22(28)25-24-20(26)12-23-21(27)14-5-8-17-19(11-14)32-13-31-17/h5-8,10-11H,3-4,9,12-13H2,1-2H3,(H,23,27)(H,24,26)(H,25,28). The van der Waals surface area contributed by atoms with Gasteiger partial charge in [-0.05, 0) is 42.8 Å². The summed E-state index contributed by atoms with van der Waals surface area (Å²) < 4.78 is 21.3. The third-order valence-corrected chi connectivity index (χ3v) is 4.54. The summed E-state index contributed by atoms with van der Waals surface area (Å²) in [4.78, 5) is 36.5. The molecule has 2 aromatic carbocycles. The predicted molar refractivity (Wildman–Crippen MR) is 114 cm³/mol. The highest BCUT2D eigenvalue weighted by Gasteiger charge is 2.17. The van der Waals surface area contributed by atoms with Gasteiger partial charge in [0.05, 0.1) is 20.3 Å². The third kappa shape index (κ3) is 5.81. The maximum atomic E-state index is 12.3. The second kappa shape index (κ2) is 10.9. The number of hydrogen-bond acceptors (Lipinski definition) is 7. The van der Waals surface area contributed by atoms with Crippen molar-refractivity contribution in [1.29, 1.82) is 0 Å². The minimum absolute atomic E-state index is 0.100. The molecule has 2 aromatic rings. The van der Waals surface area contributed by atoms with Crippen LogP contribution in [0.25, 0.3) is 0 Å². The van der Waals surface area contributed by atoms with Gasteiger partial charge in [-0.2, -0.15) is 0 Å². The smallest absolute Gasteiger partial charge is 0.269 e. The lowest BCUT2D eigenvalue weighted by molar-refractivity contribution is -0.120. The van der Waals surface area contributed by atoms with Gasteiger partial charge in [-0.3, -0.25) is 25.2 Å². The molecule has 0 unspecified atom stereocenters. The fourth-order valence-electron chi connectivity index (χ4n) is 2.80. The molecule has 1 aliphatic rings. The number of fused-ring (bicyclic) bond motifs is 1. The summed E-state index contributed by atoms with van der Waals surface area (Å²) in [5.41, 5.74) is 5.14. The highest BCUT2D eigenvalue weighted by Crippen LogP contribution is 2.32. The van der Waals surface area contributed by atoms with Crippen LogP contribution >= 0.6 is 0 Å². The van der Waals surface area contributed by atoms with Crippen LogP contribution in [-0.2, 0) is 4.79 Å². The van der Waals surface area contributed by atoms with Gasteiger partial charge in [-0.1, -0.05) is 13.3 Å². The summed E-state index contributed by atoms with van der Waals surface area (Å²) in [7, 11) is 1.48. The molecule has 32 heavy (non-hydrogen) atoms. The number of carbonyl (C=O) groups excluding carboxylic acids is 3. The van der Waals surface area contributed by atoms with E-state index >= 15 is 0 Å². The Morgan fingerprint density at radius 1 is 0.938 bits per heavy atom. The van der Waals surface area contributed by atoms with Crippen molar-refractivity contribution in [2.75, 3.05) is 27.1 Å². The number of amides is 3. The van der Waals surface area contributed by atoms with Crippen LogP contribution in [0.4, 0.5) is 0 Å². The minimum atomic E-state index is -0.598. The molecule has 0 aromatic heterocycles. The molecule has 170 valence electrons. The highest BCUT2D eigenvalue weighted by molar-refractivity contribution is 5.98. The van der Waals surface area contributed by atoms with Crippen LogP contribution in [-0.4, -0.2) is 44.8 Å². The van der Waals surface area contributed by atoms with E-state index in [0.29, 0.717) is 35.2 Å². The summed E-state index contributed by atoms with van der Waals surface area (Å²) in [5.74, 6) is 0.362. The van der Waals surface area contributed by atoms with Crippen molar-refractivity contribution in [3.05, 3.63) is 47.5 Å². The third-order valence-electron chi connectivity index (χ3n) is 4.54. The zero-order valence-corrected chi connectivity index (χ0v) is 17.9. The van der Waals surface area contributed by atoms with E-state index in [-0.39, 0.29) is 18.9 Å². The number of carbonyl (C=O) groups is 3. The average molecular weight is 443 g/mol. The number of hydrazine groups is 1. The monoisotopic (exact) mass is 443 g/mol. The van der Waals surface area contributed by atoms with E-state index in [2.05, 4.69) is 23.1 Å². The van der Waals surface area contributed by atoms with Crippen LogP contribution in [0.2, 0.25) is 0 Å². The fourth-order valence-corrected chi connectivity index (χ4v) is 2.80. The maximum absolute atomic E-state index is 12.3. The number of rotatable bonds is 9. The number of hydrogen-bond donors (Lipinski definition) is 3. The predicted octanol–water partition coefficient (Wildman–Crippen LogP) is 1.79. The Bertz CT molecular complexity index is 993. The first kappa shape index (κ1) is 22.7. The molecule has 0 fully saturated rings. The number of unbranched alkanes of at least 4 members (excludes halogenated alkanes) is 1. The van der Waals surface area contributed by atoms with Crippen LogP contribution in [0.5, 0.6) is 23.0 Å². The van der Waals surface area contributed by atoms with Crippen molar-refractivity contribution in [2.24, 2.45) is 0 Å². The van der Waals surface area contributed by atoms with Crippen molar-refractivity contribution in [3.63, 3.8) is 0 Å². The van der Waals surface area contributed by atoms with Crippen molar-refractivity contribution < 1.29 is 33.3 Å². The first-order chi connectivity index (χ1) is 15.5. The van der Waals surface area contributed by atoms with Crippen LogP contribution in [0.15, 0.2) is 36.4 Å². The highest BCUT2D eigenvalue weighted by atomic mass is 16.7. The van der Waals surface area contributed by atoms with Crippen LogP contribution in [0.1, 0.15) is 40.5 Å². The van der Waals surface area contributed by atoms with E-state index in [1.54, 1.807) is 24.3 Å². The molecule has 0 saturated carbocycles. The summed E-state index contributed by atoms with van der Waals surface area (Å²) in [6, 6.07) is 9.42. The van der Waals surface area contributed by atoms with Crippen molar-refractivity contribution >= 4 is 17.7 Å². The van der Waals surface area contributed by atoms with Crippen LogP contribution in [0, 0.1) is 0 Å². The molecule has 0 saturated heterocycles.